The third kappa shape index (κ3) is 3.25. The summed E-state index contributed by atoms with van der Waals surface area (Å²) in [6, 6.07) is 0. The van der Waals surface area contributed by atoms with Crippen LogP contribution in [0.15, 0.2) is 0 Å². The Balaban J connectivity index is 4.26. The first-order valence-electron chi connectivity index (χ1n) is 6.07. The third-order valence-electron chi connectivity index (χ3n) is 3.92. The van der Waals surface area contributed by atoms with Crippen LogP contribution in [0.5, 0.6) is 0 Å². The van der Waals surface area contributed by atoms with Crippen molar-refractivity contribution in [1.29, 1.82) is 0 Å². The molecule has 0 rings (SSSR count). The van der Waals surface area contributed by atoms with E-state index in [4.69, 9.17) is 5.73 Å². The SMILES string of the molecule is CCCCCC(C)(N)[N+](C)(CC)CC. The molecule has 0 fully saturated rings. The average Bonchev–Trinajstić information content (AvgIpc) is 2.16. The van der Waals surface area contributed by atoms with E-state index in [0.29, 0.717) is 0 Å². The van der Waals surface area contributed by atoms with E-state index < -0.39 is 0 Å². The lowest BCUT2D eigenvalue weighted by molar-refractivity contribution is -0.954. The highest BCUT2D eigenvalue weighted by Crippen LogP contribution is 2.23. The average molecular weight is 201 g/mol. The summed E-state index contributed by atoms with van der Waals surface area (Å²) in [6.45, 7) is 11.1. The quantitative estimate of drug-likeness (QED) is 0.382. The number of hydrogen-bond acceptors (Lipinski definition) is 1. The van der Waals surface area contributed by atoms with E-state index in [0.717, 1.165) is 24.0 Å². The normalized spacial score (nSPS) is 16.7. The number of unbranched alkanes of at least 4 members (excludes halogenated alkanes) is 2. The summed E-state index contributed by atoms with van der Waals surface area (Å²) < 4.78 is 0.983. The number of rotatable bonds is 7. The zero-order chi connectivity index (χ0) is 11.2. The van der Waals surface area contributed by atoms with Crippen LogP contribution in [0.4, 0.5) is 0 Å². The van der Waals surface area contributed by atoms with Gasteiger partial charge in [0, 0.05) is 13.3 Å². The Morgan fingerprint density at radius 2 is 1.57 bits per heavy atom. The van der Waals surface area contributed by atoms with Crippen molar-refractivity contribution in [1.82, 2.24) is 0 Å². The van der Waals surface area contributed by atoms with Gasteiger partial charge in [0.2, 0.25) is 0 Å². The van der Waals surface area contributed by atoms with Gasteiger partial charge in [0.15, 0.2) is 0 Å². The Kier molecular flexibility index (Phi) is 5.68. The summed E-state index contributed by atoms with van der Waals surface area (Å²) in [5.74, 6) is 0. The van der Waals surface area contributed by atoms with E-state index in [2.05, 4.69) is 34.7 Å². The number of hydrogen-bond donors (Lipinski definition) is 1. The monoisotopic (exact) mass is 201 g/mol. The predicted octanol–water partition coefficient (Wildman–Crippen LogP) is 2.73. The first kappa shape index (κ1) is 13.9. The van der Waals surface area contributed by atoms with Crippen molar-refractivity contribution >= 4 is 0 Å². The van der Waals surface area contributed by atoms with Crippen LogP contribution in [0.2, 0.25) is 0 Å². The van der Waals surface area contributed by atoms with Gasteiger partial charge in [-0.2, -0.15) is 0 Å². The molecule has 2 N–H and O–H groups in total. The Labute approximate surface area is 90.1 Å². The van der Waals surface area contributed by atoms with Gasteiger partial charge in [-0.1, -0.05) is 19.8 Å². The van der Waals surface area contributed by atoms with Crippen LogP contribution < -0.4 is 5.73 Å². The maximum absolute atomic E-state index is 6.43. The molecule has 0 amide bonds. The van der Waals surface area contributed by atoms with E-state index in [9.17, 15) is 0 Å². The standard InChI is InChI=1S/C12H29N2/c1-6-9-10-11-12(4,13)14(5,7-2)8-3/h6-11,13H2,1-5H3/q+1. The summed E-state index contributed by atoms with van der Waals surface area (Å²) in [5, 5.41) is 0. The lowest BCUT2D eigenvalue weighted by atomic mass is 10.00. The summed E-state index contributed by atoms with van der Waals surface area (Å²) in [5.41, 5.74) is 6.37. The molecule has 0 aliphatic heterocycles. The van der Waals surface area contributed by atoms with Gasteiger partial charge in [0.05, 0.1) is 20.1 Å². The summed E-state index contributed by atoms with van der Waals surface area (Å²) in [7, 11) is 2.27. The van der Waals surface area contributed by atoms with E-state index in [1.807, 2.05) is 0 Å². The fourth-order valence-electron chi connectivity index (χ4n) is 1.95. The van der Waals surface area contributed by atoms with Crippen LogP contribution in [0.1, 0.15) is 53.4 Å². The molecule has 0 aromatic carbocycles. The Morgan fingerprint density at radius 1 is 1.07 bits per heavy atom. The zero-order valence-electron chi connectivity index (χ0n) is 10.8. The van der Waals surface area contributed by atoms with E-state index in [1.165, 1.54) is 19.3 Å². The van der Waals surface area contributed by atoms with Crippen LogP contribution >= 0.6 is 0 Å². The van der Waals surface area contributed by atoms with Crippen LogP contribution in [0.3, 0.4) is 0 Å². The fourth-order valence-corrected chi connectivity index (χ4v) is 1.95. The first-order valence-corrected chi connectivity index (χ1v) is 6.07. The van der Waals surface area contributed by atoms with Crippen LogP contribution in [0.25, 0.3) is 0 Å². The minimum absolute atomic E-state index is 0.0569. The Morgan fingerprint density at radius 3 is 1.93 bits per heavy atom. The molecule has 1 unspecified atom stereocenters. The summed E-state index contributed by atoms with van der Waals surface area (Å²) in [4.78, 5) is 0. The highest BCUT2D eigenvalue weighted by Gasteiger charge is 2.37. The van der Waals surface area contributed by atoms with Crippen molar-refractivity contribution in [3.05, 3.63) is 0 Å². The van der Waals surface area contributed by atoms with Crippen molar-refractivity contribution in [3.8, 4) is 0 Å². The third-order valence-corrected chi connectivity index (χ3v) is 3.92. The number of nitrogens with zero attached hydrogens (tertiary/aromatic N) is 1. The van der Waals surface area contributed by atoms with E-state index in [-0.39, 0.29) is 5.66 Å². The molecule has 0 aromatic heterocycles. The topological polar surface area (TPSA) is 26.0 Å². The van der Waals surface area contributed by atoms with Gasteiger partial charge in [-0.25, -0.2) is 0 Å². The number of nitrogens with two attached hydrogens (primary N) is 1. The second kappa shape index (κ2) is 5.72. The van der Waals surface area contributed by atoms with Crippen molar-refractivity contribution in [2.24, 2.45) is 5.73 Å². The van der Waals surface area contributed by atoms with Crippen LogP contribution in [0, 0.1) is 0 Å². The lowest BCUT2D eigenvalue weighted by Crippen LogP contribution is -2.65. The first-order chi connectivity index (χ1) is 6.43. The molecule has 2 nitrogen and oxygen atoms in total. The van der Waals surface area contributed by atoms with Gasteiger partial charge >= 0.3 is 0 Å². The maximum atomic E-state index is 6.43. The molecule has 0 aromatic rings. The molecule has 0 spiro atoms. The van der Waals surface area contributed by atoms with Gasteiger partial charge in [0.1, 0.15) is 5.66 Å². The minimum atomic E-state index is -0.0569. The van der Waals surface area contributed by atoms with Crippen LogP contribution in [-0.4, -0.2) is 30.3 Å². The predicted molar refractivity (Wildman–Crippen MR) is 64.0 cm³/mol. The Hall–Kier alpha value is -0.0800. The van der Waals surface area contributed by atoms with Gasteiger partial charge in [-0.3, -0.25) is 5.73 Å². The highest BCUT2D eigenvalue weighted by molar-refractivity contribution is 4.67. The second-order valence-electron chi connectivity index (χ2n) is 4.84. The molecule has 1 atom stereocenters. The van der Waals surface area contributed by atoms with Gasteiger partial charge in [-0.05, 0) is 20.3 Å². The maximum Gasteiger partial charge on any atom is 0.147 e. The fraction of sp³-hybridized carbons (Fsp3) is 1.00. The molecule has 0 aliphatic carbocycles. The van der Waals surface area contributed by atoms with E-state index in [1.54, 1.807) is 0 Å². The highest BCUT2D eigenvalue weighted by atomic mass is 15.4. The summed E-state index contributed by atoms with van der Waals surface area (Å²) in [6.07, 6.45) is 4.98. The van der Waals surface area contributed by atoms with Gasteiger partial charge in [-0.15, -0.1) is 0 Å². The minimum Gasteiger partial charge on any atom is -0.310 e. The molecule has 0 bridgehead atoms. The van der Waals surface area contributed by atoms with Crippen LogP contribution in [-0.2, 0) is 0 Å². The lowest BCUT2D eigenvalue weighted by Gasteiger charge is -2.46. The second-order valence-corrected chi connectivity index (χ2v) is 4.84. The van der Waals surface area contributed by atoms with Gasteiger partial charge in [0.25, 0.3) is 0 Å². The van der Waals surface area contributed by atoms with Crippen molar-refractivity contribution in [2.75, 3.05) is 20.1 Å². The largest absolute Gasteiger partial charge is 0.310 e. The van der Waals surface area contributed by atoms with Gasteiger partial charge < -0.3 is 4.48 Å². The number of quaternary nitrogens is 1. The molecule has 2 heteroatoms. The Bertz CT molecular complexity index is 148. The molecule has 0 saturated heterocycles. The van der Waals surface area contributed by atoms with Crippen molar-refractivity contribution in [3.63, 3.8) is 0 Å². The molecule has 0 aliphatic rings. The van der Waals surface area contributed by atoms with E-state index >= 15 is 0 Å². The molecule has 86 valence electrons. The van der Waals surface area contributed by atoms with Crippen molar-refractivity contribution in [2.45, 2.75) is 59.0 Å². The molecule has 14 heavy (non-hydrogen) atoms. The molecular weight excluding hydrogens is 172 g/mol. The molecule has 0 heterocycles. The van der Waals surface area contributed by atoms with Crippen molar-refractivity contribution < 1.29 is 4.48 Å². The smallest absolute Gasteiger partial charge is 0.147 e. The summed E-state index contributed by atoms with van der Waals surface area (Å²) >= 11 is 0. The molecule has 0 saturated carbocycles. The molecular formula is C12H29N2+. The molecule has 0 radical (unpaired) electrons. The zero-order valence-corrected chi connectivity index (χ0v) is 10.8.